The van der Waals surface area contributed by atoms with Gasteiger partial charge in [-0.15, -0.1) is 24.0 Å². The van der Waals surface area contributed by atoms with Crippen molar-refractivity contribution in [2.45, 2.75) is 58.8 Å². The van der Waals surface area contributed by atoms with E-state index >= 15 is 0 Å². The first-order valence-corrected chi connectivity index (χ1v) is 9.85. The predicted molar refractivity (Wildman–Crippen MR) is 119 cm³/mol. The third kappa shape index (κ3) is 10.6. The summed E-state index contributed by atoms with van der Waals surface area (Å²) in [5.41, 5.74) is 0.357. The molecule has 1 fully saturated rings. The standard InChI is InChI=1S/C19H40N4O.HI/c1-5-7-14-23(3)15-13-21-18(20-6-2)22-17-19(12-16-24-4)10-8-9-11-19;/h5-17H2,1-4H3,(H2,20,21,22);1H. The monoisotopic (exact) mass is 468 g/mol. The van der Waals surface area contributed by atoms with Crippen LogP contribution in [0, 0.1) is 5.41 Å². The Balaban J connectivity index is 0.00000576. The van der Waals surface area contributed by atoms with E-state index in [1.807, 2.05) is 0 Å². The molecule has 0 amide bonds. The van der Waals surface area contributed by atoms with Crippen molar-refractivity contribution in [1.82, 2.24) is 15.5 Å². The smallest absolute Gasteiger partial charge is 0.191 e. The van der Waals surface area contributed by atoms with Gasteiger partial charge >= 0.3 is 0 Å². The van der Waals surface area contributed by atoms with Gasteiger partial charge in [0, 0.05) is 39.9 Å². The van der Waals surface area contributed by atoms with Crippen molar-refractivity contribution in [3.63, 3.8) is 0 Å². The number of hydrogen-bond donors (Lipinski definition) is 2. The molecule has 0 aromatic heterocycles. The Morgan fingerprint density at radius 2 is 1.88 bits per heavy atom. The Hall–Kier alpha value is -0.0800. The minimum absolute atomic E-state index is 0. The summed E-state index contributed by atoms with van der Waals surface area (Å²) >= 11 is 0. The summed E-state index contributed by atoms with van der Waals surface area (Å²) in [6.45, 7) is 10.2. The van der Waals surface area contributed by atoms with Crippen LogP contribution in [0.5, 0.6) is 0 Å². The molecule has 150 valence electrons. The number of guanidine groups is 1. The molecular weight excluding hydrogens is 427 g/mol. The van der Waals surface area contributed by atoms with Gasteiger partial charge in [0.15, 0.2) is 5.96 Å². The summed E-state index contributed by atoms with van der Waals surface area (Å²) in [5, 5.41) is 6.88. The second-order valence-corrected chi connectivity index (χ2v) is 7.23. The number of nitrogens with one attached hydrogen (secondary N) is 2. The van der Waals surface area contributed by atoms with Gasteiger partial charge < -0.3 is 20.3 Å². The molecule has 1 rings (SSSR count). The Morgan fingerprint density at radius 3 is 2.48 bits per heavy atom. The zero-order valence-corrected chi connectivity index (χ0v) is 19.2. The Labute approximate surface area is 172 Å². The van der Waals surface area contributed by atoms with Crippen LogP contribution in [0.4, 0.5) is 0 Å². The molecule has 1 aliphatic carbocycles. The van der Waals surface area contributed by atoms with E-state index in [4.69, 9.17) is 9.73 Å². The minimum atomic E-state index is 0. The van der Waals surface area contributed by atoms with E-state index in [1.165, 1.54) is 45.1 Å². The zero-order chi connectivity index (χ0) is 17.7. The largest absolute Gasteiger partial charge is 0.385 e. The van der Waals surface area contributed by atoms with E-state index in [-0.39, 0.29) is 24.0 Å². The van der Waals surface area contributed by atoms with Gasteiger partial charge in [0.2, 0.25) is 0 Å². The molecule has 0 aromatic carbocycles. The van der Waals surface area contributed by atoms with Crippen molar-refractivity contribution in [3.05, 3.63) is 0 Å². The lowest BCUT2D eigenvalue weighted by Crippen LogP contribution is -2.41. The quantitative estimate of drug-likeness (QED) is 0.262. The molecular formula is C19H41IN4O. The van der Waals surface area contributed by atoms with E-state index in [0.717, 1.165) is 45.2 Å². The van der Waals surface area contributed by atoms with Gasteiger partial charge in [-0.25, -0.2) is 0 Å². The maximum absolute atomic E-state index is 5.32. The molecule has 0 spiro atoms. The normalized spacial score (nSPS) is 16.8. The van der Waals surface area contributed by atoms with Gasteiger partial charge in [-0.1, -0.05) is 26.2 Å². The third-order valence-electron chi connectivity index (χ3n) is 5.10. The second-order valence-electron chi connectivity index (χ2n) is 7.23. The number of nitrogens with zero attached hydrogens (tertiary/aromatic N) is 2. The molecule has 0 saturated heterocycles. The van der Waals surface area contributed by atoms with E-state index in [1.54, 1.807) is 7.11 Å². The van der Waals surface area contributed by atoms with E-state index < -0.39 is 0 Å². The maximum atomic E-state index is 5.32. The Kier molecular flexibility index (Phi) is 15.0. The van der Waals surface area contributed by atoms with Crippen molar-refractivity contribution in [2.24, 2.45) is 10.4 Å². The number of ether oxygens (including phenoxy) is 1. The number of aliphatic imine (C=N–C) groups is 1. The molecule has 0 unspecified atom stereocenters. The third-order valence-corrected chi connectivity index (χ3v) is 5.10. The lowest BCUT2D eigenvalue weighted by molar-refractivity contribution is 0.141. The highest BCUT2D eigenvalue weighted by Gasteiger charge is 2.33. The molecule has 0 atom stereocenters. The van der Waals surface area contributed by atoms with Crippen LogP contribution in [-0.4, -0.2) is 64.3 Å². The van der Waals surface area contributed by atoms with E-state index in [2.05, 4.69) is 36.4 Å². The first-order chi connectivity index (χ1) is 11.7. The van der Waals surface area contributed by atoms with Crippen molar-refractivity contribution in [2.75, 3.05) is 53.5 Å². The molecule has 25 heavy (non-hydrogen) atoms. The van der Waals surface area contributed by atoms with Gasteiger partial charge in [0.25, 0.3) is 0 Å². The molecule has 0 bridgehead atoms. The molecule has 0 heterocycles. The van der Waals surface area contributed by atoms with Gasteiger partial charge in [0.05, 0.1) is 0 Å². The van der Waals surface area contributed by atoms with Crippen LogP contribution >= 0.6 is 24.0 Å². The first-order valence-electron chi connectivity index (χ1n) is 9.85. The number of methoxy groups -OCH3 is 1. The maximum Gasteiger partial charge on any atom is 0.191 e. The van der Waals surface area contributed by atoms with Crippen molar-refractivity contribution >= 4 is 29.9 Å². The minimum Gasteiger partial charge on any atom is -0.385 e. The lowest BCUT2D eigenvalue weighted by Gasteiger charge is -2.27. The van der Waals surface area contributed by atoms with Crippen LogP contribution in [0.25, 0.3) is 0 Å². The molecule has 0 aromatic rings. The Bertz CT molecular complexity index is 346. The van der Waals surface area contributed by atoms with Crippen LogP contribution in [0.1, 0.15) is 58.8 Å². The number of rotatable bonds is 12. The lowest BCUT2D eigenvalue weighted by atomic mass is 9.83. The van der Waals surface area contributed by atoms with Crippen LogP contribution in [0.15, 0.2) is 4.99 Å². The fourth-order valence-electron chi connectivity index (χ4n) is 3.42. The second kappa shape index (κ2) is 15.0. The van der Waals surface area contributed by atoms with Gasteiger partial charge in [0.1, 0.15) is 0 Å². The number of halogens is 1. The van der Waals surface area contributed by atoms with Gasteiger partial charge in [-0.2, -0.15) is 0 Å². The molecule has 6 heteroatoms. The van der Waals surface area contributed by atoms with Crippen molar-refractivity contribution in [1.29, 1.82) is 0 Å². The average molecular weight is 468 g/mol. The average Bonchev–Trinajstić information content (AvgIpc) is 3.05. The van der Waals surface area contributed by atoms with Crippen molar-refractivity contribution < 1.29 is 4.74 Å². The molecule has 1 saturated carbocycles. The topological polar surface area (TPSA) is 48.9 Å². The van der Waals surface area contributed by atoms with Gasteiger partial charge in [-0.05, 0) is 51.6 Å². The highest BCUT2D eigenvalue weighted by Crippen LogP contribution is 2.41. The zero-order valence-electron chi connectivity index (χ0n) is 16.9. The first kappa shape index (κ1) is 24.9. The fourth-order valence-corrected chi connectivity index (χ4v) is 3.42. The Morgan fingerprint density at radius 1 is 1.16 bits per heavy atom. The van der Waals surface area contributed by atoms with Crippen LogP contribution in [0.3, 0.4) is 0 Å². The fraction of sp³-hybridized carbons (Fsp3) is 0.947. The number of likely N-dealkylation sites (N-methyl/N-ethyl adjacent to an activating group) is 1. The van der Waals surface area contributed by atoms with Crippen molar-refractivity contribution in [3.8, 4) is 0 Å². The summed E-state index contributed by atoms with van der Waals surface area (Å²) in [6, 6.07) is 0. The summed E-state index contributed by atoms with van der Waals surface area (Å²) in [7, 11) is 3.99. The number of hydrogen-bond acceptors (Lipinski definition) is 3. The summed E-state index contributed by atoms with van der Waals surface area (Å²) in [5.74, 6) is 0.963. The predicted octanol–water partition coefficient (Wildman–Crippen LogP) is 3.49. The summed E-state index contributed by atoms with van der Waals surface area (Å²) in [6.07, 6.45) is 8.92. The van der Waals surface area contributed by atoms with Crippen LogP contribution < -0.4 is 10.6 Å². The van der Waals surface area contributed by atoms with Gasteiger partial charge in [-0.3, -0.25) is 4.99 Å². The van der Waals surface area contributed by atoms with Crippen LogP contribution in [0.2, 0.25) is 0 Å². The number of unbranched alkanes of at least 4 members (excludes halogenated alkanes) is 1. The summed E-state index contributed by atoms with van der Waals surface area (Å²) < 4.78 is 5.32. The van der Waals surface area contributed by atoms with Crippen LogP contribution in [-0.2, 0) is 4.74 Å². The highest BCUT2D eigenvalue weighted by atomic mass is 127. The molecule has 1 aliphatic rings. The molecule has 0 radical (unpaired) electrons. The highest BCUT2D eigenvalue weighted by molar-refractivity contribution is 14.0. The molecule has 0 aliphatic heterocycles. The molecule has 5 nitrogen and oxygen atoms in total. The van der Waals surface area contributed by atoms with E-state index in [9.17, 15) is 0 Å². The SMILES string of the molecule is CCCCN(C)CCNC(=NCC1(CCOC)CCCC1)NCC.I. The summed E-state index contributed by atoms with van der Waals surface area (Å²) in [4.78, 5) is 7.29. The molecule has 2 N–H and O–H groups in total. The van der Waals surface area contributed by atoms with E-state index in [0.29, 0.717) is 5.41 Å².